The zero-order chi connectivity index (χ0) is 19.1. The van der Waals surface area contributed by atoms with E-state index >= 15 is 0 Å². The van der Waals surface area contributed by atoms with Crippen LogP contribution in [0.15, 0.2) is 54.6 Å². The summed E-state index contributed by atoms with van der Waals surface area (Å²) in [6.45, 7) is 2.05. The van der Waals surface area contributed by atoms with E-state index in [1.54, 1.807) is 0 Å². The summed E-state index contributed by atoms with van der Waals surface area (Å²) in [5, 5.41) is 10.9. The first-order valence-corrected chi connectivity index (χ1v) is 10.4. The van der Waals surface area contributed by atoms with E-state index < -0.39 is 5.41 Å². The van der Waals surface area contributed by atoms with Gasteiger partial charge in [-0.3, -0.25) is 0 Å². The smallest absolute Gasteiger partial charge is 0.0865 e. The summed E-state index contributed by atoms with van der Waals surface area (Å²) in [6, 6.07) is 21.3. The molecule has 3 heteroatoms. The maximum Gasteiger partial charge on any atom is 0.0865 e. The summed E-state index contributed by atoms with van der Waals surface area (Å²) >= 11 is 6.51. The topological polar surface area (TPSA) is 27.0 Å². The predicted octanol–water partition coefficient (Wildman–Crippen LogP) is 5.86. The van der Waals surface area contributed by atoms with Crippen LogP contribution in [-0.2, 0) is 11.8 Å². The Kier molecular flexibility index (Phi) is 6.94. The van der Waals surface area contributed by atoms with E-state index in [0.717, 1.165) is 55.8 Å². The van der Waals surface area contributed by atoms with Gasteiger partial charge in [0.05, 0.1) is 11.5 Å². The summed E-state index contributed by atoms with van der Waals surface area (Å²) in [5.74, 6) is 0.442. The minimum atomic E-state index is -0.434. The molecule has 1 saturated carbocycles. The minimum Gasteiger partial charge on any atom is -0.306 e. The molecule has 27 heavy (non-hydrogen) atoms. The highest BCUT2D eigenvalue weighted by molar-refractivity contribution is 6.31. The number of rotatable bonds is 9. The maximum atomic E-state index is 10.2. The molecule has 0 aromatic heterocycles. The van der Waals surface area contributed by atoms with Crippen molar-refractivity contribution in [3.8, 4) is 6.07 Å². The van der Waals surface area contributed by atoms with Crippen molar-refractivity contribution in [3.63, 3.8) is 0 Å². The molecule has 1 fully saturated rings. The van der Waals surface area contributed by atoms with Crippen LogP contribution in [0.2, 0.25) is 5.02 Å². The van der Waals surface area contributed by atoms with E-state index in [9.17, 15) is 5.26 Å². The Morgan fingerprint density at radius 3 is 2.41 bits per heavy atom. The Balaban J connectivity index is 1.60. The summed E-state index contributed by atoms with van der Waals surface area (Å²) in [6.07, 6.45) is 6.48. The van der Waals surface area contributed by atoms with Crippen LogP contribution in [0.25, 0.3) is 0 Å². The molecule has 1 aliphatic rings. The lowest BCUT2D eigenvalue weighted by Crippen LogP contribution is -2.39. The van der Waals surface area contributed by atoms with Gasteiger partial charge in [-0.25, -0.2) is 0 Å². The molecule has 0 bridgehead atoms. The normalized spacial score (nSPS) is 16.5. The van der Waals surface area contributed by atoms with Gasteiger partial charge < -0.3 is 4.90 Å². The van der Waals surface area contributed by atoms with E-state index in [4.69, 9.17) is 11.6 Å². The van der Waals surface area contributed by atoms with Crippen molar-refractivity contribution in [1.29, 1.82) is 5.26 Å². The first-order chi connectivity index (χ1) is 13.2. The number of hydrogen-bond acceptors (Lipinski definition) is 2. The molecule has 0 N–H and O–H groups in total. The van der Waals surface area contributed by atoms with Crippen LogP contribution < -0.4 is 0 Å². The Labute approximate surface area is 168 Å². The van der Waals surface area contributed by atoms with E-state index in [2.05, 4.69) is 54.4 Å². The number of benzene rings is 2. The van der Waals surface area contributed by atoms with Crippen LogP contribution in [0.4, 0.5) is 0 Å². The zero-order valence-electron chi connectivity index (χ0n) is 16.2. The molecule has 3 rings (SSSR count). The molecule has 0 heterocycles. The fourth-order valence-electron chi connectivity index (χ4n) is 4.19. The van der Waals surface area contributed by atoms with Gasteiger partial charge >= 0.3 is 0 Å². The molecule has 0 spiro atoms. The number of hydrogen-bond donors (Lipinski definition) is 0. The van der Waals surface area contributed by atoms with Gasteiger partial charge in [0.2, 0.25) is 0 Å². The predicted molar refractivity (Wildman–Crippen MR) is 113 cm³/mol. The molecule has 142 valence electrons. The molecule has 1 atom stereocenters. The molecule has 2 aromatic carbocycles. The van der Waals surface area contributed by atoms with Gasteiger partial charge in [-0.15, -0.1) is 0 Å². The number of likely N-dealkylation sites (N-methyl/N-ethyl adjacent to an activating group) is 1. The van der Waals surface area contributed by atoms with Gasteiger partial charge in [-0.1, -0.05) is 66.6 Å². The van der Waals surface area contributed by atoms with Crippen molar-refractivity contribution in [2.24, 2.45) is 5.92 Å². The molecule has 0 radical (unpaired) electrons. The second kappa shape index (κ2) is 9.40. The number of nitrogens with zero attached hydrogens (tertiary/aromatic N) is 2. The van der Waals surface area contributed by atoms with Gasteiger partial charge in [-0.05, 0) is 68.8 Å². The molecule has 0 amide bonds. The lowest BCUT2D eigenvalue weighted by atomic mass is 9.61. The number of halogens is 1. The van der Waals surface area contributed by atoms with Crippen molar-refractivity contribution in [3.05, 3.63) is 70.7 Å². The van der Waals surface area contributed by atoms with Gasteiger partial charge in [-0.2, -0.15) is 5.26 Å². The van der Waals surface area contributed by atoms with Crippen molar-refractivity contribution in [1.82, 2.24) is 4.90 Å². The van der Waals surface area contributed by atoms with E-state index in [1.807, 2.05) is 18.2 Å². The van der Waals surface area contributed by atoms with Crippen LogP contribution >= 0.6 is 11.6 Å². The molecule has 2 aromatic rings. The third-order valence-electron chi connectivity index (χ3n) is 6.09. The van der Waals surface area contributed by atoms with Gasteiger partial charge in [0.1, 0.15) is 0 Å². The van der Waals surface area contributed by atoms with E-state index in [0.29, 0.717) is 5.92 Å². The summed E-state index contributed by atoms with van der Waals surface area (Å²) in [5.41, 5.74) is 1.98. The second-order valence-electron chi connectivity index (χ2n) is 7.83. The fourth-order valence-corrected chi connectivity index (χ4v) is 4.50. The monoisotopic (exact) mass is 380 g/mol. The van der Waals surface area contributed by atoms with E-state index in [1.165, 1.54) is 12.0 Å². The Bertz CT molecular complexity index is 763. The number of nitriles is 1. The highest BCUT2D eigenvalue weighted by atomic mass is 35.5. The average molecular weight is 381 g/mol. The summed E-state index contributed by atoms with van der Waals surface area (Å²) < 4.78 is 0. The van der Waals surface area contributed by atoms with Crippen LogP contribution in [0, 0.1) is 17.2 Å². The Morgan fingerprint density at radius 2 is 1.78 bits per heavy atom. The molecule has 2 nitrogen and oxygen atoms in total. The van der Waals surface area contributed by atoms with Crippen LogP contribution in [0.3, 0.4) is 0 Å². The van der Waals surface area contributed by atoms with Gasteiger partial charge in [0, 0.05) is 11.6 Å². The third-order valence-corrected chi connectivity index (χ3v) is 6.42. The fraction of sp³-hybridized carbons (Fsp3) is 0.458. The molecular weight excluding hydrogens is 352 g/mol. The first kappa shape index (κ1) is 19.9. The largest absolute Gasteiger partial charge is 0.306 e. The van der Waals surface area contributed by atoms with Gasteiger partial charge in [0.25, 0.3) is 0 Å². The standard InChI is InChI=1S/C24H29ClN2/c1-27(18-15-20-9-3-2-4-10-20)17-8-16-24(19-26,21-11-7-12-21)22-13-5-6-14-23(22)25/h2-6,9-10,13-14,21H,7-8,11-12,15-18H2,1H3. The molecule has 1 unspecified atom stereocenters. The lowest BCUT2D eigenvalue weighted by molar-refractivity contribution is 0.189. The van der Waals surface area contributed by atoms with Crippen molar-refractivity contribution in [2.75, 3.05) is 20.1 Å². The second-order valence-corrected chi connectivity index (χ2v) is 8.24. The van der Waals surface area contributed by atoms with Crippen molar-refractivity contribution in [2.45, 2.75) is 43.9 Å². The molecule has 1 aliphatic carbocycles. The zero-order valence-corrected chi connectivity index (χ0v) is 17.0. The molecular formula is C24H29ClN2. The molecule has 0 saturated heterocycles. The van der Waals surface area contributed by atoms with E-state index in [-0.39, 0.29) is 0 Å². The quantitative estimate of drug-likeness (QED) is 0.545. The van der Waals surface area contributed by atoms with Crippen LogP contribution in [0.1, 0.15) is 43.2 Å². The Morgan fingerprint density at radius 1 is 1.07 bits per heavy atom. The lowest BCUT2D eigenvalue weighted by Gasteiger charge is -2.41. The first-order valence-electron chi connectivity index (χ1n) is 10.0. The maximum absolute atomic E-state index is 10.2. The van der Waals surface area contributed by atoms with Crippen LogP contribution in [-0.4, -0.2) is 25.0 Å². The summed E-state index contributed by atoms with van der Waals surface area (Å²) in [4.78, 5) is 2.38. The molecule has 0 aliphatic heterocycles. The van der Waals surface area contributed by atoms with Crippen molar-refractivity contribution < 1.29 is 0 Å². The highest BCUT2D eigenvalue weighted by Crippen LogP contribution is 2.48. The van der Waals surface area contributed by atoms with Gasteiger partial charge in [0.15, 0.2) is 0 Å². The average Bonchev–Trinajstić information content (AvgIpc) is 2.65. The van der Waals surface area contributed by atoms with Crippen molar-refractivity contribution >= 4 is 11.6 Å². The highest BCUT2D eigenvalue weighted by Gasteiger charge is 2.44. The Hall–Kier alpha value is -1.82. The summed E-state index contributed by atoms with van der Waals surface area (Å²) in [7, 11) is 2.18. The third kappa shape index (κ3) is 4.72. The van der Waals surface area contributed by atoms with Crippen LogP contribution in [0.5, 0.6) is 0 Å². The minimum absolute atomic E-state index is 0.434. The SMILES string of the molecule is CN(CCCC(C#N)(c1ccccc1Cl)C1CCC1)CCc1ccccc1.